The first-order chi connectivity index (χ1) is 44.4. The molecule has 4 aliphatic rings. The van der Waals surface area contributed by atoms with Gasteiger partial charge in [0.2, 0.25) is 0 Å². The van der Waals surface area contributed by atoms with Crippen LogP contribution in [0.4, 0.5) is 11.4 Å². The van der Waals surface area contributed by atoms with Gasteiger partial charge in [-0.3, -0.25) is 19.2 Å². The van der Waals surface area contributed by atoms with Gasteiger partial charge in [0.1, 0.15) is 47.3 Å². The maximum absolute atomic E-state index is 16.0. The van der Waals surface area contributed by atoms with Crippen LogP contribution in [0.15, 0.2) is 146 Å². The van der Waals surface area contributed by atoms with Crippen molar-refractivity contribution in [2.75, 3.05) is 9.80 Å². The highest BCUT2D eigenvalue weighted by molar-refractivity contribution is 6.47. The second-order valence-electron chi connectivity index (χ2n) is 25.5. The molecule has 432 valence electrons. The summed E-state index contributed by atoms with van der Waals surface area (Å²) in [5.41, 5.74) is 6.73. The van der Waals surface area contributed by atoms with Gasteiger partial charge in [0.15, 0.2) is 22.8 Å². The smallest absolute Gasteiger partial charge is 0.266 e. The first-order valence-corrected chi connectivity index (χ1v) is 29.6. The zero-order chi connectivity index (χ0) is 63.3. The van der Waals surface area contributed by atoms with E-state index in [2.05, 4.69) is 61.5 Å². The molecule has 2 aliphatic carbocycles. The lowest BCUT2D eigenvalue weighted by molar-refractivity contribution is 0.0878. The standard InChI is InChI=1S/C76H42N10O6/c1-75(2,3)35-13-17-37(18-14-35)91-57-29-49-61-47(71(87)85(73(49)89)55-27-25-45-59-39(55)9-7-11-43(59)67-69(45)83-53(33-79)51(31-77)81-67)24-22-42-64-58(92-38-19-15-36(16-20-38)76(4,5)6)30-50-62-48(23-21-41(66(62)64)63(57)65(42)61)72(88)86(74(50)90)56-28-26-46-60-40(56)10-8-12-44(60)68-70(46)84-54(34-80)52(32-78)82-68/h7-30H,1-6H3. The van der Waals surface area contributed by atoms with Crippen LogP contribution in [0, 0.1) is 45.3 Å². The number of carbonyl (C=O) groups is 4. The zero-order valence-electron chi connectivity index (χ0n) is 49.8. The number of imide groups is 2. The molecular weight excluding hydrogens is 1150 g/mol. The summed E-state index contributed by atoms with van der Waals surface area (Å²) in [6.45, 7) is 12.7. The van der Waals surface area contributed by atoms with Crippen molar-refractivity contribution in [3.8, 4) is 92.3 Å². The summed E-state index contributed by atoms with van der Waals surface area (Å²) < 4.78 is 14.2. The molecule has 4 heterocycles. The zero-order valence-corrected chi connectivity index (χ0v) is 49.8. The monoisotopic (exact) mass is 1190 g/mol. The van der Waals surface area contributed by atoms with Crippen LogP contribution in [0.3, 0.4) is 0 Å². The van der Waals surface area contributed by atoms with E-state index in [1.165, 1.54) is 9.80 Å². The van der Waals surface area contributed by atoms with E-state index in [0.717, 1.165) is 11.1 Å². The van der Waals surface area contributed by atoms with Crippen molar-refractivity contribution in [1.29, 1.82) is 21.0 Å². The summed E-state index contributed by atoms with van der Waals surface area (Å²) in [4.78, 5) is 84.0. The second kappa shape index (κ2) is 18.4. The summed E-state index contributed by atoms with van der Waals surface area (Å²) in [6.07, 6.45) is 0. The Morgan fingerprint density at radius 1 is 0.337 bits per heavy atom. The Labute approximate surface area is 523 Å². The third kappa shape index (κ3) is 7.11. The Bertz CT molecular complexity index is 5470. The van der Waals surface area contributed by atoms with Gasteiger partial charge in [0.05, 0.1) is 45.3 Å². The molecule has 92 heavy (non-hydrogen) atoms. The van der Waals surface area contributed by atoms with E-state index >= 15 is 19.2 Å². The molecule has 0 bridgehead atoms. The molecular formula is C76H42N10O6. The maximum Gasteiger partial charge on any atom is 0.266 e. The minimum Gasteiger partial charge on any atom is -0.457 e. The number of hydrogen-bond acceptors (Lipinski definition) is 14. The molecule has 16 nitrogen and oxygen atoms in total. The first-order valence-electron chi connectivity index (χ1n) is 29.6. The fourth-order valence-electron chi connectivity index (χ4n) is 14.2. The van der Waals surface area contributed by atoms with Gasteiger partial charge >= 0.3 is 0 Å². The number of carbonyl (C=O) groups excluding carboxylic acids is 4. The van der Waals surface area contributed by atoms with Gasteiger partial charge in [-0.05, 0) is 106 Å². The lowest BCUT2D eigenvalue weighted by Gasteiger charge is -2.32. The predicted octanol–water partition coefficient (Wildman–Crippen LogP) is 16.2. The number of ether oxygens (including phenoxy) is 2. The Morgan fingerprint density at radius 3 is 1.00 bits per heavy atom. The first kappa shape index (κ1) is 53.5. The van der Waals surface area contributed by atoms with Crippen molar-refractivity contribution in [3.63, 3.8) is 0 Å². The van der Waals surface area contributed by atoms with Crippen LogP contribution >= 0.6 is 0 Å². The normalized spacial score (nSPS) is 13.5. The van der Waals surface area contributed by atoms with Gasteiger partial charge in [0, 0.05) is 87.2 Å². The number of nitrogens with zero attached hydrogens (tertiary/aromatic N) is 10. The molecule has 2 aromatic heterocycles. The number of amides is 4. The molecule has 17 rings (SSSR count). The summed E-state index contributed by atoms with van der Waals surface area (Å²) >= 11 is 0. The molecule has 4 amide bonds. The molecule has 2 aliphatic heterocycles. The minimum absolute atomic E-state index is 0.119. The van der Waals surface area contributed by atoms with Gasteiger partial charge < -0.3 is 9.47 Å². The summed E-state index contributed by atoms with van der Waals surface area (Å²) in [7, 11) is 0. The number of anilines is 2. The van der Waals surface area contributed by atoms with Crippen LogP contribution in [0.2, 0.25) is 0 Å². The van der Waals surface area contributed by atoms with E-state index in [-0.39, 0.29) is 78.7 Å². The molecule has 0 unspecified atom stereocenters. The topological polar surface area (TPSA) is 240 Å². The maximum atomic E-state index is 16.0. The molecule has 0 fully saturated rings. The lowest BCUT2D eigenvalue weighted by Crippen LogP contribution is -2.41. The number of nitriles is 4. The average molecular weight is 1190 g/mol. The van der Waals surface area contributed by atoms with Gasteiger partial charge in [-0.15, -0.1) is 0 Å². The van der Waals surface area contributed by atoms with E-state index in [1.807, 2.05) is 109 Å². The van der Waals surface area contributed by atoms with E-state index < -0.39 is 23.6 Å². The Morgan fingerprint density at radius 2 is 0.663 bits per heavy atom. The molecule has 11 aromatic carbocycles. The molecule has 0 atom stereocenters. The van der Waals surface area contributed by atoms with E-state index in [4.69, 9.17) is 9.47 Å². The molecule has 0 spiro atoms. The minimum atomic E-state index is -0.633. The molecule has 0 saturated carbocycles. The SMILES string of the molecule is CC(C)(C)c1ccc(Oc2cc3c4c(ccc5c6c(Oc7ccc(C(C)(C)C)cc7)cc7c8c(ccc(c2c45)c86)C(=O)N(c2ccc4c5c(cccc25)-c2nc(C#N)c(C#N)nc2-4)C7=O)C(=O)N(c2ccc4c5c(cccc25)-c2nc(C#N)c(C#N)nc2-4)C3=O)cc1. The van der Waals surface area contributed by atoms with Crippen LogP contribution in [0.25, 0.3) is 110 Å². The molecule has 13 aromatic rings. The van der Waals surface area contributed by atoms with E-state index in [0.29, 0.717) is 121 Å². The van der Waals surface area contributed by atoms with Crippen LogP contribution in [0.1, 0.15) is 117 Å². The third-order valence-electron chi connectivity index (χ3n) is 18.4. The third-order valence-corrected chi connectivity index (χ3v) is 18.4. The van der Waals surface area contributed by atoms with Crippen molar-refractivity contribution in [3.05, 3.63) is 202 Å². The Kier molecular flexibility index (Phi) is 10.7. The number of aromatic nitrogens is 4. The number of fused-ring (bicyclic) bond motifs is 8. The lowest BCUT2D eigenvalue weighted by atomic mass is 9.81. The quantitative estimate of drug-likeness (QED) is 0.0855. The van der Waals surface area contributed by atoms with Crippen molar-refractivity contribution < 1.29 is 28.7 Å². The predicted molar refractivity (Wildman–Crippen MR) is 347 cm³/mol. The average Bonchev–Trinajstić information content (AvgIpc) is 0.799. The highest BCUT2D eigenvalue weighted by atomic mass is 16.5. The summed E-state index contributed by atoms with van der Waals surface area (Å²) in [6, 6.07) is 51.6. The largest absolute Gasteiger partial charge is 0.457 e. The number of hydrogen-bond donors (Lipinski definition) is 0. The van der Waals surface area contributed by atoms with Crippen molar-refractivity contribution in [1.82, 2.24) is 19.9 Å². The summed E-state index contributed by atoms with van der Waals surface area (Å²) in [5.74, 6) is -1.04. The van der Waals surface area contributed by atoms with Crippen LogP contribution in [0.5, 0.6) is 23.0 Å². The van der Waals surface area contributed by atoms with E-state index in [9.17, 15) is 21.0 Å². The van der Waals surface area contributed by atoms with Crippen LogP contribution in [-0.4, -0.2) is 43.6 Å². The highest BCUT2D eigenvalue weighted by Gasteiger charge is 2.42. The van der Waals surface area contributed by atoms with Crippen molar-refractivity contribution in [2.45, 2.75) is 52.4 Å². The summed E-state index contributed by atoms with van der Waals surface area (Å²) in [5, 5.41) is 46.0. The number of rotatable bonds is 6. The second-order valence-corrected chi connectivity index (χ2v) is 25.5. The fourth-order valence-corrected chi connectivity index (χ4v) is 14.2. The van der Waals surface area contributed by atoms with Crippen molar-refractivity contribution in [2.24, 2.45) is 0 Å². The van der Waals surface area contributed by atoms with Gasteiger partial charge in [-0.1, -0.05) is 114 Å². The van der Waals surface area contributed by atoms with Gasteiger partial charge in [0.25, 0.3) is 23.6 Å². The molecule has 16 heteroatoms. The van der Waals surface area contributed by atoms with Gasteiger partial charge in [-0.25, -0.2) is 29.7 Å². The Hall–Kier alpha value is -12.8. The highest BCUT2D eigenvalue weighted by Crippen LogP contribution is 2.56. The van der Waals surface area contributed by atoms with Crippen LogP contribution in [-0.2, 0) is 10.8 Å². The van der Waals surface area contributed by atoms with Gasteiger partial charge in [-0.2, -0.15) is 21.0 Å². The number of benzene rings is 11. The molecule has 0 radical (unpaired) electrons. The van der Waals surface area contributed by atoms with Crippen LogP contribution < -0.4 is 19.3 Å². The molecule has 0 saturated heterocycles. The van der Waals surface area contributed by atoms with E-state index in [1.54, 1.807) is 60.7 Å². The Balaban J connectivity index is 0.908. The fraction of sp³-hybridized carbons (Fsp3) is 0.105. The molecule has 0 N–H and O–H groups in total. The van der Waals surface area contributed by atoms with Crippen molar-refractivity contribution >= 4 is 99.6 Å².